The molecule has 0 aromatic heterocycles. The van der Waals surface area contributed by atoms with E-state index < -0.39 is 6.10 Å². The molecule has 16 heavy (non-hydrogen) atoms. The molecule has 2 atom stereocenters. The minimum absolute atomic E-state index is 0.0626. The van der Waals surface area contributed by atoms with E-state index in [1.54, 1.807) is 6.92 Å². The van der Waals surface area contributed by atoms with Crippen LogP contribution in [0.2, 0.25) is 0 Å². The number of aliphatic hydroxyl groups excluding tert-OH is 1. The fourth-order valence-electron chi connectivity index (χ4n) is 2.29. The van der Waals surface area contributed by atoms with Crippen LogP contribution in [-0.4, -0.2) is 11.0 Å². The summed E-state index contributed by atoms with van der Waals surface area (Å²) in [6.45, 7) is 5.71. The number of aliphatic hydroxyl groups is 1. The van der Waals surface area contributed by atoms with Crippen molar-refractivity contribution in [1.82, 2.24) is 0 Å². The molecule has 86 valence electrons. The van der Waals surface area contributed by atoms with Crippen molar-refractivity contribution in [2.45, 2.75) is 39.2 Å². The normalized spacial score (nSPS) is 20.5. The van der Waals surface area contributed by atoms with E-state index in [2.05, 4.69) is 5.32 Å². The number of carbonyl (C=O) groups excluding carboxylic acids is 1. The molecule has 0 spiro atoms. The molecule has 1 heterocycles. The Hall–Kier alpha value is -1.35. The topological polar surface area (TPSA) is 49.3 Å². The minimum atomic E-state index is -0.489. The number of nitrogens with one attached hydrogen (secondary N) is 1. The van der Waals surface area contributed by atoms with Crippen LogP contribution < -0.4 is 5.32 Å². The van der Waals surface area contributed by atoms with Gasteiger partial charge < -0.3 is 10.4 Å². The molecule has 1 amide bonds. The summed E-state index contributed by atoms with van der Waals surface area (Å²) in [4.78, 5) is 11.7. The number of aryl methyl sites for hydroxylation is 1. The number of benzene rings is 1. The van der Waals surface area contributed by atoms with Crippen LogP contribution in [0.1, 0.15) is 49.0 Å². The van der Waals surface area contributed by atoms with Crippen LogP contribution in [-0.2, 0) is 4.79 Å². The number of hydrogen-bond donors (Lipinski definition) is 2. The second kappa shape index (κ2) is 3.91. The summed E-state index contributed by atoms with van der Waals surface area (Å²) >= 11 is 0. The minimum Gasteiger partial charge on any atom is -0.389 e. The lowest BCUT2D eigenvalue weighted by Gasteiger charge is -2.12. The third kappa shape index (κ3) is 1.61. The van der Waals surface area contributed by atoms with Gasteiger partial charge in [-0.05, 0) is 37.0 Å². The molecule has 2 rings (SSSR count). The van der Waals surface area contributed by atoms with E-state index in [9.17, 15) is 9.90 Å². The SMILES string of the molecule is CCC1C(=O)Nc2c(C)cc(C(C)O)cc21. The Morgan fingerprint density at radius 1 is 1.50 bits per heavy atom. The predicted octanol–water partition coefficient (Wildman–Crippen LogP) is 2.49. The molecule has 1 aliphatic rings. The first-order valence-electron chi connectivity index (χ1n) is 5.68. The van der Waals surface area contributed by atoms with Crippen LogP contribution in [0.5, 0.6) is 0 Å². The Bertz CT molecular complexity index is 438. The van der Waals surface area contributed by atoms with E-state index in [1.807, 2.05) is 26.0 Å². The zero-order valence-corrected chi connectivity index (χ0v) is 9.87. The van der Waals surface area contributed by atoms with Gasteiger partial charge in [-0.15, -0.1) is 0 Å². The molecule has 0 saturated heterocycles. The number of amides is 1. The lowest BCUT2D eigenvalue weighted by Crippen LogP contribution is -2.10. The maximum Gasteiger partial charge on any atom is 0.232 e. The van der Waals surface area contributed by atoms with Crippen LogP contribution in [0.4, 0.5) is 5.69 Å². The van der Waals surface area contributed by atoms with Gasteiger partial charge in [0.25, 0.3) is 0 Å². The maximum absolute atomic E-state index is 11.7. The second-order valence-electron chi connectivity index (χ2n) is 4.43. The Morgan fingerprint density at radius 3 is 2.75 bits per heavy atom. The molecule has 0 aliphatic carbocycles. The van der Waals surface area contributed by atoms with Gasteiger partial charge in [0.2, 0.25) is 5.91 Å². The summed E-state index contributed by atoms with van der Waals surface area (Å²) in [5.41, 5.74) is 3.87. The zero-order valence-electron chi connectivity index (χ0n) is 9.87. The van der Waals surface area contributed by atoms with Crippen molar-refractivity contribution in [3.63, 3.8) is 0 Å². The second-order valence-corrected chi connectivity index (χ2v) is 4.43. The molecule has 0 radical (unpaired) electrons. The first-order chi connectivity index (χ1) is 7.54. The highest BCUT2D eigenvalue weighted by Gasteiger charge is 2.30. The molecule has 1 aromatic carbocycles. The quantitative estimate of drug-likeness (QED) is 0.802. The fraction of sp³-hybridized carbons (Fsp3) is 0.462. The summed E-state index contributed by atoms with van der Waals surface area (Å²) in [6, 6.07) is 3.88. The Labute approximate surface area is 95.5 Å². The van der Waals surface area contributed by atoms with Gasteiger partial charge in [-0.25, -0.2) is 0 Å². The summed E-state index contributed by atoms with van der Waals surface area (Å²) in [7, 11) is 0. The van der Waals surface area contributed by atoms with Gasteiger partial charge in [-0.3, -0.25) is 4.79 Å². The van der Waals surface area contributed by atoms with Crippen molar-refractivity contribution in [2.75, 3.05) is 5.32 Å². The molecule has 2 unspecified atom stereocenters. The molecule has 0 fully saturated rings. The van der Waals surface area contributed by atoms with Gasteiger partial charge in [-0.2, -0.15) is 0 Å². The molecule has 0 saturated carbocycles. The molecule has 1 aliphatic heterocycles. The van der Waals surface area contributed by atoms with Crippen LogP contribution in [0.25, 0.3) is 0 Å². The van der Waals surface area contributed by atoms with E-state index in [1.165, 1.54) is 0 Å². The first kappa shape index (κ1) is 11.1. The summed E-state index contributed by atoms with van der Waals surface area (Å²) in [6.07, 6.45) is 0.304. The van der Waals surface area contributed by atoms with Gasteiger partial charge >= 0.3 is 0 Å². The van der Waals surface area contributed by atoms with Gasteiger partial charge in [0.05, 0.1) is 12.0 Å². The molecule has 0 bridgehead atoms. The number of anilines is 1. The Balaban J connectivity index is 2.55. The molecule has 2 N–H and O–H groups in total. The van der Waals surface area contributed by atoms with Crippen LogP contribution in [0.15, 0.2) is 12.1 Å². The monoisotopic (exact) mass is 219 g/mol. The number of hydrogen-bond acceptors (Lipinski definition) is 2. The molecular formula is C13H17NO2. The Kier molecular flexibility index (Phi) is 2.72. The summed E-state index contributed by atoms with van der Waals surface area (Å²) < 4.78 is 0. The van der Waals surface area contributed by atoms with Crippen LogP contribution in [0, 0.1) is 6.92 Å². The highest BCUT2D eigenvalue weighted by Crippen LogP contribution is 2.38. The van der Waals surface area contributed by atoms with Gasteiger partial charge in [0, 0.05) is 5.69 Å². The summed E-state index contributed by atoms with van der Waals surface area (Å²) in [5.74, 6) is 0.00995. The fourth-order valence-corrected chi connectivity index (χ4v) is 2.29. The van der Waals surface area contributed by atoms with Crippen molar-refractivity contribution in [3.05, 3.63) is 28.8 Å². The van der Waals surface area contributed by atoms with Crippen molar-refractivity contribution in [1.29, 1.82) is 0 Å². The van der Waals surface area contributed by atoms with Gasteiger partial charge in [0.15, 0.2) is 0 Å². The molecule has 1 aromatic rings. The largest absolute Gasteiger partial charge is 0.389 e. The zero-order chi connectivity index (χ0) is 11.9. The highest BCUT2D eigenvalue weighted by molar-refractivity contribution is 6.03. The van der Waals surface area contributed by atoms with Crippen molar-refractivity contribution in [3.8, 4) is 0 Å². The smallest absolute Gasteiger partial charge is 0.232 e. The molecule has 3 nitrogen and oxygen atoms in total. The highest BCUT2D eigenvalue weighted by atomic mass is 16.3. The van der Waals surface area contributed by atoms with E-state index in [-0.39, 0.29) is 11.8 Å². The van der Waals surface area contributed by atoms with Crippen LogP contribution >= 0.6 is 0 Å². The van der Waals surface area contributed by atoms with Crippen molar-refractivity contribution < 1.29 is 9.90 Å². The van der Waals surface area contributed by atoms with Crippen LogP contribution in [0.3, 0.4) is 0 Å². The Morgan fingerprint density at radius 2 is 2.19 bits per heavy atom. The van der Waals surface area contributed by atoms with E-state index >= 15 is 0 Å². The third-order valence-corrected chi connectivity index (χ3v) is 3.22. The number of rotatable bonds is 2. The van der Waals surface area contributed by atoms with E-state index in [0.29, 0.717) is 0 Å². The predicted molar refractivity (Wildman–Crippen MR) is 63.5 cm³/mol. The summed E-state index contributed by atoms with van der Waals surface area (Å²) in [5, 5.41) is 12.5. The van der Waals surface area contributed by atoms with E-state index in [0.717, 1.165) is 28.8 Å². The lowest BCUT2D eigenvalue weighted by atomic mass is 9.93. The molecule has 3 heteroatoms. The average molecular weight is 219 g/mol. The number of carbonyl (C=O) groups is 1. The van der Waals surface area contributed by atoms with E-state index in [4.69, 9.17) is 0 Å². The van der Waals surface area contributed by atoms with Gasteiger partial charge in [0.1, 0.15) is 0 Å². The van der Waals surface area contributed by atoms with Crippen molar-refractivity contribution >= 4 is 11.6 Å². The van der Waals surface area contributed by atoms with Crippen molar-refractivity contribution in [2.24, 2.45) is 0 Å². The number of fused-ring (bicyclic) bond motifs is 1. The first-order valence-corrected chi connectivity index (χ1v) is 5.68. The molecular weight excluding hydrogens is 202 g/mol. The maximum atomic E-state index is 11.7. The van der Waals surface area contributed by atoms with Gasteiger partial charge in [-0.1, -0.05) is 19.1 Å². The third-order valence-electron chi connectivity index (χ3n) is 3.22. The average Bonchev–Trinajstić information content (AvgIpc) is 2.54. The standard InChI is InChI=1S/C13H17NO2/c1-4-10-11-6-9(8(3)15)5-7(2)12(11)14-13(10)16/h5-6,8,10,15H,4H2,1-3H3,(H,14,16). The lowest BCUT2D eigenvalue weighted by molar-refractivity contribution is -0.117.